The predicted octanol–water partition coefficient (Wildman–Crippen LogP) is 1.35. The lowest BCUT2D eigenvalue weighted by atomic mass is 10.1. The van der Waals surface area contributed by atoms with Gasteiger partial charge in [0.2, 0.25) is 12.5 Å². The minimum absolute atomic E-state index is 0.268. The van der Waals surface area contributed by atoms with Crippen molar-refractivity contribution < 1.29 is 14.2 Å². The zero-order valence-corrected chi connectivity index (χ0v) is 11.2. The van der Waals surface area contributed by atoms with Crippen LogP contribution in [0.4, 0.5) is 0 Å². The van der Waals surface area contributed by atoms with Gasteiger partial charge in [0.1, 0.15) is 0 Å². The number of hydrogen-bond acceptors (Lipinski definition) is 5. The number of nitrogens with zero attached hydrogens (tertiary/aromatic N) is 1. The van der Waals surface area contributed by atoms with Gasteiger partial charge in [-0.2, -0.15) is 0 Å². The molecule has 2 aliphatic heterocycles. The Labute approximate surface area is 113 Å². The van der Waals surface area contributed by atoms with Crippen LogP contribution in [0.3, 0.4) is 0 Å². The maximum absolute atomic E-state index is 6.01. The number of methoxy groups -OCH3 is 1. The Hall–Kier alpha value is -1.46. The summed E-state index contributed by atoms with van der Waals surface area (Å²) in [6, 6.07) is 4.35. The molecule has 0 bridgehead atoms. The minimum atomic E-state index is 0.268. The number of piperidine rings is 1. The van der Waals surface area contributed by atoms with Crippen LogP contribution < -0.4 is 19.9 Å². The molecule has 1 saturated heterocycles. The first-order valence-electron chi connectivity index (χ1n) is 6.70. The summed E-state index contributed by atoms with van der Waals surface area (Å²) in [4.78, 5) is 2.38. The maximum Gasteiger partial charge on any atom is 0.231 e. The highest BCUT2D eigenvalue weighted by atomic mass is 16.7. The third-order valence-electron chi connectivity index (χ3n) is 3.67. The smallest absolute Gasteiger partial charge is 0.231 e. The van der Waals surface area contributed by atoms with Gasteiger partial charge >= 0.3 is 0 Å². The van der Waals surface area contributed by atoms with Crippen molar-refractivity contribution in [2.24, 2.45) is 5.73 Å². The normalized spacial score (nSPS) is 22.5. The van der Waals surface area contributed by atoms with Gasteiger partial charge in [0.05, 0.1) is 7.11 Å². The van der Waals surface area contributed by atoms with E-state index in [2.05, 4.69) is 4.90 Å². The number of fused-ring (bicyclic) bond motifs is 1. The van der Waals surface area contributed by atoms with Gasteiger partial charge in [-0.05, 0) is 37.1 Å². The SMILES string of the molecule is COc1cc(CN2CCCC(N)C2)cc2c1OCO2. The summed E-state index contributed by atoms with van der Waals surface area (Å²) in [6.45, 7) is 3.20. The molecule has 2 heterocycles. The van der Waals surface area contributed by atoms with E-state index >= 15 is 0 Å². The largest absolute Gasteiger partial charge is 0.493 e. The molecule has 1 fully saturated rings. The molecule has 2 N–H and O–H groups in total. The van der Waals surface area contributed by atoms with Crippen molar-refractivity contribution in [1.82, 2.24) is 4.90 Å². The highest BCUT2D eigenvalue weighted by Gasteiger charge is 2.22. The second-order valence-corrected chi connectivity index (χ2v) is 5.17. The fourth-order valence-corrected chi connectivity index (χ4v) is 2.77. The summed E-state index contributed by atoms with van der Waals surface area (Å²) in [5, 5.41) is 0. The van der Waals surface area contributed by atoms with Crippen molar-refractivity contribution in [2.45, 2.75) is 25.4 Å². The average molecular weight is 264 g/mol. The van der Waals surface area contributed by atoms with E-state index < -0.39 is 0 Å². The lowest BCUT2D eigenvalue weighted by molar-refractivity contribution is 0.171. The second kappa shape index (κ2) is 5.27. The predicted molar refractivity (Wildman–Crippen MR) is 71.6 cm³/mol. The summed E-state index contributed by atoms with van der Waals surface area (Å²) in [5.41, 5.74) is 7.19. The van der Waals surface area contributed by atoms with Crippen LogP contribution in [0, 0.1) is 0 Å². The quantitative estimate of drug-likeness (QED) is 0.893. The molecule has 0 spiro atoms. The topological polar surface area (TPSA) is 57.0 Å². The van der Waals surface area contributed by atoms with Crippen LogP contribution >= 0.6 is 0 Å². The zero-order chi connectivity index (χ0) is 13.2. The van der Waals surface area contributed by atoms with Crippen molar-refractivity contribution in [3.63, 3.8) is 0 Å². The van der Waals surface area contributed by atoms with E-state index in [9.17, 15) is 0 Å². The minimum Gasteiger partial charge on any atom is -0.493 e. The molecule has 1 atom stereocenters. The van der Waals surface area contributed by atoms with Crippen LogP contribution in [0.2, 0.25) is 0 Å². The molecule has 0 saturated carbocycles. The van der Waals surface area contributed by atoms with Gasteiger partial charge in [-0.1, -0.05) is 0 Å². The molecule has 0 aliphatic carbocycles. The van der Waals surface area contributed by atoms with E-state index in [4.69, 9.17) is 19.9 Å². The molecule has 0 amide bonds. The second-order valence-electron chi connectivity index (χ2n) is 5.17. The Morgan fingerprint density at radius 2 is 2.32 bits per heavy atom. The van der Waals surface area contributed by atoms with Gasteiger partial charge in [0, 0.05) is 19.1 Å². The number of nitrogens with two attached hydrogens (primary N) is 1. The summed E-state index contributed by atoms with van der Waals surface area (Å²) in [6.07, 6.45) is 2.30. The monoisotopic (exact) mass is 264 g/mol. The van der Waals surface area contributed by atoms with Crippen LogP contribution in [-0.2, 0) is 6.54 Å². The summed E-state index contributed by atoms with van der Waals surface area (Å²) in [5.74, 6) is 2.23. The van der Waals surface area contributed by atoms with Crippen LogP contribution in [-0.4, -0.2) is 37.9 Å². The van der Waals surface area contributed by atoms with Crippen molar-refractivity contribution in [3.05, 3.63) is 17.7 Å². The highest BCUT2D eigenvalue weighted by Crippen LogP contribution is 2.42. The Balaban J connectivity index is 1.77. The van der Waals surface area contributed by atoms with Gasteiger partial charge in [0.25, 0.3) is 0 Å². The number of hydrogen-bond donors (Lipinski definition) is 1. The van der Waals surface area contributed by atoms with Gasteiger partial charge < -0.3 is 19.9 Å². The Bertz CT molecular complexity index is 464. The van der Waals surface area contributed by atoms with E-state index in [1.54, 1.807) is 7.11 Å². The van der Waals surface area contributed by atoms with E-state index in [0.29, 0.717) is 11.8 Å². The molecule has 0 radical (unpaired) electrons. The van der Waals surface area contributed by atoms with Crippen LogP contribution in [0.25, 0.3) is 0 Å². The standard InChI is InChI=1S/C14H20N2O3/c1-17-12-5-10(6-13-14(12)19-9-18-13)7-16-4-2-3-11(15)8-16/h5-6,11H,2-4,7-9,15H2,1H3. The van der Waals surface area contributed by atoms with Crippen LogP contribution in [0.15, 0.2) is 12.1 Å². The number of rotatable bonds is 3. The van der Waals surface area contributed by atoms with Gasteiger partial charge in [-0.3, -0.25) is 4.90 Å². The Morgan fingerprint density at radius 1 is 1.42 bits per heavy atom. The Kier molecular flexibility index (Phi) is 3.48. The lowest BCUT2D eigenvalue weighted by Gasteiger charge is -2.30. The lowest BCUT2D eigenvalue weighted by Crippen LogP contribution is -2.42. The highest BCUT2D eigenvalue weighted by molar-refractivity contribution is 5.55. The molecule has 3 rings (SSSR count). The summed E-state index contributed by atoms with van der Waals surface area (Å²) in [7, 11) is 1.65. The van der Waals surface area contributed by atoms with Gasteiger partial charge in [-0.15, -0.1) is 0 Å². The van der Waals surface area contributed by atoms with Crippen LogP contribution in [0.5, 0.6) is 17.2 Å². The molecule has 5 heteroatoms. The fourth-order valence-electron chi connectivity index (χ4n) is 2.77. The van der Waals surface area contributed by atoms with E-state index in [-0.39, 0.29) is 6.79 Å². The molecular weight excluding hydrogens is 244 g/mol. The van der Waals surface area contributed by atoms with Gasteiger partial charge in [-0.25, -0.2) is 0 Å². The van der Waals surface area contributed by atoms with Crippen molar-refractivity contribution >= 4 is 0 Å². The third-order valence-corrected chi connectivity index (χ3v) is 3.67. The third kappa shape index (κ3) is 2.62. The molecule has 2 aliphatic rings. The van der Waals surface area contributed by atoms with E-state index in [1.807, 2.05) is 12.1 Å². The molecule has 104 valence electrons. The number of likely N-dealkylation sites (tertiary alicyclic amines) is 1. The Morgan fingerprint density at radius 3 is 3.11 bits per heavy atom. The molecule has 1 aromatic rings. The molecule has 0 aromatic heterocycles. The molecule has 5 nitrogen and oxygen atoms in total. The van der Waals surface area contributed by atoms with Gasteiger partial charge in [0.15, 0.2) is 11.5 Å². The van der Waals surface area contributed by atoms with Crippen molar-refractivity contribution in [2.75, 3.05) is 27.0 Å². The molecule has 19 heavy (non-hydrogen) atoms. The number of benzene rings is 1. The molecule has 1 aromatic carbocycles. The fraction of sp³-hybridized carbons (Fsp3) is 0.571. The molecular formula is C14H20N2O3. The molecule has 1 unspecified atom stereocenters. The first kappa shape index (κ1) is 12.6. The summed E-state index contributed by atoms with van der Waals surface area (Å²) < 4.78 is 16.2. The summed E-state index contributed by atoms with van der Waals surface area (Å²) >= 11 is 0. The van der Waals surface area contributed by atoms with Crippen molar-refractivity contribution in [3.8, 4) is 17.2 Å². The van der Waals surface area contributed by atoms with Crippen LogP contribution in [0.1, 0.15) is 18.4 Å². The first-order chi connectivity index (χ1) is 9.26. The zero-order valence-electron chi connectivity index (χ0n) is 11.2. The first-order valence-corrected chi connectivity index (χ1v) is 6.70. The van der Waals surface area contributed by atoms with E-state index in [1.165, 1.54) is 12.0 Å². The average Bonchev–Trinajstić information content (AvgIpc) is 2.86. The van der Waals surface area contributed by atoms with Crippen molar-refractivity contribution in [1.29, 1.82) is 0 Å². The number of ether oxygens (including phenoxy) is 3. The van der Waals surface area contributed by atoms with E-state index in [0.717, 1.165) is 37.6 Å². The maximum atomic E-state index is 6.01.